The summed E-state index contributed by atoms with van der Waals surface area (Å²) < 4.78 is 40.9. The molecule has 136 valence electrons. The van der Waals surface area contributed by atoms with Gasteiger partial charge in [0.15, 0.2) is 11.5 Å². The van der Waals surface area contributed by atoms with Crippen LogP contribution < -0.4 is 14.2 Å². The standard InChI is InChI=1S/C17H17N3O4S2/c1-11(2)20-9-16(17(18-20)15-4-3-7-25-15)26(21,22)19-12-5-6-13-14(8-12)24-10-23-13/h3-9,11,19H,10H2,1-2H3. The number of aromatic nitrogens is 2. The van der Waals surface area contributed by atoms with Crippen molar-refractivity contribution in [2.45, 2.75) is 24.8 Å². The highest BCUT2D eigenvalue weighted by molar-refractivity contribution is 7.92. The van der Waals surface area contributed by atoms with E-state index in [9.17, 15) is 8.42 Å². The van der Waals surface area contributed by atoms with Gasteiger partial charge in [-0.3, -0.25) is 9.40 Å². The summed E-state index contributed by atoms with van der Waals surface area (Å²) in [4.78, 5) is 0.946. The molecule has 0 saturated carbocycles. The lowest BCUT2D eigenvalue weighted by atomic mass is 10.3. The van der Waals surface area contributed by atoms with Crippen LogP contribution in [0.2, 0.25) is 0 Å². The average molecular weight is 391 g/mol. The van der Waals surface area contributed by atoms with Crippen molar-refractivity contribution in [1.82, 2.24) is 9.78 Å². The number of hydrogen-bond acceptors (Lipinski definition) is 6. The van der Waals surface area contributed by atoms with Crippen LogP contribution in [-0.2, 0) is 10.0 Å². The maximum Gasteiger partial charge on any atom is 0.265 e. The molecule has 1 aliphatic heterocycles. The Morgan fingerprint density at radius 3 is 2.77 bits per heavy atom. The molecule has 7 nitrogen and oxygen atoms in total. The van der Waals surface area contributed by atoms with Gasteiger partial charge in [-0.25, -0.2) is 8.42 Å². The summed E-state index contributed by atoms with van der Waals surface area (Å²) in [5, 5.41) is 6.38. The summed E-state index contributed by atoms with van der Waals surface area (Å²) in [6.07, 6.45) is 1.56. The maximum absolute atomic E-state index is 13.0. The molecule has 0 spiro atoms. The summed E-state index contributed by atoms with van der Waals surface area (Å²) in [5.74, 6) is 1.11. The van der Waals surface area contributed by atoms with E-state index in [1.54, 1.807) is 29.1 Å². The number of thiophene rings is 1. The van der Waals surface area contributed by atoms with Crippen LogP contribution in [0.1, 0.15) is 19.9 Å². The van der Waals surface area contributed by atoms with Crippen molar-refractivity contribution in [1.29, 1.82) is 0 Å². The number of fused-ring (bicyclic) bond motifs is 1. The van der Waals surface area contributed by atoms with Crippen LogP contribution in [0.5, 0.6) is 11.5 Å². The molecule has 1 N–H and O–H groups in total. The van der Waals surface area contributed by atoms with Gasteiger partial charge in [-0.2, -0.15) is 5.10 Å². The number of hydrogen-bond donors (Lipinski definition) is 1. The molecule has 0 fully saturated rings. The van der Waals surface area contributed by atoms with E-state index in [-0.39, 0.29) is 17.7 Å². The van der Waals surface area contributed by atoms with Gasteiger partial charge in [0.05, 0.1) is 10.6 Å². The van der Waals surface area contributed by atoms with Crippen LogP contribution in [0.15, 0.2) is 46.8 Å². The summed E-state index contributed by atoms with van der Waals surface area (Å²) in [6.45, 7) is 4.04. The van der Waals surface area contributed by atoms with Crippen molar-refractivity contribution in [3.63, 3.8) is 0 Å². The fourth-order valence-corrected chi connectivity index (χ4v) is 4.58. The van der Waals surface area contributed by atoms with Gasteiger partial charge in [0.25, 0.3) is 10.0 Å². The van der Waals surface area contributed by atoms with Crippen LogP contribution in [0.4, 0.5) is 5.69 Å². The van der Waals surface area contributed by atoms with E-state index in [4.69, 9.17) is 9.47 Å². The Morgan fingerprint density at radius 1 is 1.23 bits per heavy atom. The minimum absolute atomic E-state index is 0.0446. The lowest BCUT2D eigenvalue weighted by molar-refractivity contribution is 0.174. The third kappa shape index (κ3) is 3.04. The van der Waals surface area contributed by atoms with E-state index in [1.807, 2.05) is 31.4 Å². The van der Waals surface area contributed by atoms with Gasteiger partial charge >= 0.3 is 0 Å². The molecule has 1 aliphatic rings. The second-order valence-corrected chi connectivity index (χ2v) is 8.67. The monoisotopic (exact) mass is 391 g/mol. The van der Waals surface area contributed by atoms with Crippen LogP contribution in [0.3, 0.4) is 0 Å². The number of benzene rings is 1. The SMILES string of the molecule is CC(C)n1cc(S(=O)(=O)Nc2ccc3c(c2)OCO3)c(-c2cccs2)n1. The van der Waals surface area contributed by atoms with Gasteiger partial charge in [0.2, 0.25) is 6.79 Å². The summed E-state index contributed by atoms with van der Waals surface area (Å²) >= 11 is 1.45. The first-order valence-electron chi connectivity index (χ1n) is 7.99. The molecule has 0 unspecified atom stereocenters. The van der Waals surface area contributed by atoms with Crippen molar-refractivity contribution in [2.75, 3.05) is 11.5 Å². The quantitative estimate of drug-likeness (QED) is 0.717. The minimum Gasteiger partial charge on any atom is -0.454 e. The Morgan fingerprint density at radius 2 is 2.04 bits per heavy atom. The van der Waals surface area contributed by atoms with Crippen LogP contribution in [0, 0.1) is 0 Å². The molecular formula is C17H17N3O4S2. The van der Waals surface area contributed by atoms with E-state index in [0.29, 0.717) is 22.9 Å². The van der Waals surface area contributed by atoms with Crippen molar-refractivity contribution < 1.29 is 17.9 Å². The Balaban J connectivity index is 1.73. The van der Waals surface area contributed by atoms with Gasteiger partial charge in [0, 0.05) is 18.3 Å². The number of anilines is 1. The van der Waals surface area contributed by atoms with Gasteiger partial charge in [-0.15, -0.1) is 11.3 Å². The van der Waals surface area contributed by atoms with Crippen molar-refractivity contribution in [3.05, 3.63) is 41.9 Å². The maximum atomic E-state index is 13.0. The molecule has 0 atom stereocenters. The van der Waals surface area contributed by atoms with E-state index < -0.39 is 10.0 Å². The molecule has 4 rings (SSSR count). The van der Waals surface area contributed by atoms with Crippen molar-refractivity contribution >= 4 is 27.0 Å². The molecule has 0 bridgehead atoms. The number of nitrogens with one attached hydrogen (secondary N) is 1. The molecule has 1 aromatic carbocycles. The fourth-order valence-electron chi connectivity index (χ4n) is 2.59. The fraction of sp³-hybridized carbons (Fsp3) is 0.235. The van der Waals surface area contributed by atoms with Gasteiger partial charge in [-0.1, -0.05) is 6.07 Å². The molecule has 0 radical (unpaired) electrons. The highest BCUT2D eigenvalue weighted by Crippen LogP contribution is 2.36. The summed E-state index contributed by atoms with van der Waals surface area (Å²) in [7, 11) is -3.82. The molecule has 0 saturated heterocycles. The lowest BCUT2D eigenvalue weighted by Crippen LogP contribution is -2.13. The zero-order valence-electron chi connectivity index (χ0n) is 14.2. The van der Waals surface area contributed by atoms with E-state index in [2.05, 4.69) is 9.82 Å². The highest BCUT2D eigenvalue weighted by Gasteiger charge is 2.26. The minimum atomic E-state index is -3.82. The molecular weight excluding hydrogens is 374 g/mol. The van der Waals surface area contributed by atoms with Gasteiger partial charge in [-0.05, 0) is 37.4 Å². The predicted molar refractivity (Wildman–Crippen MR) is 99.3 cm³/mol. The molecule has 0 amide bonds. The van der Waals surface area contributed by atoms with Crippen LogP contribution >= 0.6 is 11.3 Å². The zero-order chi connectivity index (χ0) is 18.3. The smallest absolute Gasteiger partial charge is 0.265 e. The van der Waals surface area contributed by atoms with Crippen LogP contribution in [-0.4, -0.2) is 25.0 Å². The molecule has 26 heavy (non-hydrogen) atoms. The number of sulfonamides is 1. The van der Waals surface area contributed by atoms with Crippen molar-refractivity contribution in [2.24, 2.45) is 0 Å². The first-order chi connectivity index (χ1) is 12.4. The third-order valence-corrected chi connectivity index (χ3v) is 6.16. The van der Waals surface area contributed by atoms with E-state index >= 15 is 0 Å². The Bertz CT molecular complexity index is 1040. The Kier molecular flexibility index (Phi) is 4.12. The largest absolute Gasteiger partial charge is 0.454 e. The first kappa shape index (κ1) is 16.9. The van der Waals surface area contributed by atoms with Gasteiger partial charge in [0.1, 0.15) is 10.6 Å². The zero-order valence-corrected chi connectivity index (χ0v) is 15.8. The summed E-state index contributed by atoms with van der Waals surface area (Å²) in [5.41, 5.74) is 0.852. The molecule has 3 aromatic rings. The number of nitrogens with zero attached hydrogens (tertiary/aromatic N) is 2. The number of rotatable bonds is 5. The number of ether oxygens (including phenoxy) is 2. The second kappa shape index (κ2) is 6.33. The van der Waals surface area contributed by atoms with Gasteiger partial charge < -0.3 is 9.47 Å². The topological polar surface area (TPSA) is 82.5 Å². The highest BCUT2D eigenvalue weighted by atomic mass is 32.2. The third-order valence-electron chi connectivity index (χ3n) is 3.90. The first-order valence-corrected chi connectivity index (χ1v) is 10.4. The molecule has 0 aliphatic carbocycles. The average Bonchev–Trinajstić information content (AvgIpc) is 3.33. The van der Waals surface area contributed by atoms with E-state index in [1.165, 1.54) is 11.3 Å². The molecule has 3 heterocycles. The Labute approximate surface area is 155 Å². The normalized spacial score (nSPS) is 13.3. The lowest BCUT2D eigenvalue weighted by Gasteiger charge is -2.08. The predicted octanol–water partition coefficient (Wildman–Crippen LogP) is 3.72. The Hall–Kier alpha value is -2.52. The second-order valence-electron chi connectivity index (χ2n) is 6.07. The van der Waals surface area contributed by atoms with Crippen LogP contribution in [0.25, 0.3) is 10.6 Å². The molecule has 2 aromatic heterocycles. The van der Waals surface area contributed by atoms with Crippen molar-refractivity contribution in [3.8, 4) is 22.1 Å². The summed E-state index contributed by atoms with van der Waals surface area (Å²) in [6, 6.07) is 8.70. The molecule has 9 heteroatoms. The van der Waals surface area contributed by atoms with E-state index in [0.717, 1.165) is 4.88 Å².